The number of sulfonamides is 1. The van der Waals surface area contributed by atoms with Crippen LogP contribution in [0.5, 0.6) is 5.75 Å². The zero-order chi connectivity index (χ0) is 24.9. The van der Waals surface area contributed by atoms with E-state index in [1.54, 1.807) is 18.2 Å². The molecule has 0 aliphatic carbocycles. The lowest BCUT2D eigenvalue weighted by Gasteiger charge is -2.15. The minimum absolute atomic E-state index is 0.0877. The van der Waals surface area contributed by atoms with Gasteiger partial charge >= 0.3 is 0 Å². The van der Waals surface area contributed by atoms with E-state index in [-0.39, 0.29) is 21.9 Å². The van der Waals surface area contributed by atoms with E-state index in [9.17, 15) is 22.4 Å². The third kappa shape index (κ3) is 6.10. The minimum atomic E-state index is -3.79. The molecule has 8 nitrogen and oxygen atoms in total. The molecule has 3 aromatic carbocycles. The van der Waals surface area contributed by atoms with Crippen molar-refractivity contribution in [1.29, 1.82) is 0 Å². The number of ether oxygens (including phenoxy) is 1. The van der Waals surface area contributed by atoms with Crippen molar-refractivity contribution in [2.24, 2.45) is 0 Å². The summed E-state index contributed by atoms with van der Waals surface area (Å²) in [4.78, 5) is 24.6. The fourth-order valence-corrected chi connectivity index (χ4v) is 4.00. The second-order valence-electron chi connectivity index (χ2n) is 7.56. The van der Waals surface area contributed by atoms with Crippen molar-refractivity contribution in [2.75, 3.05) is 4.72 Å². The Morgan fingerprint density at radius 3 is 2.24 bits per heavy atom. The zero-order valence-corrected chi connectivity index (χ0v) is 19.6. The Kier molecular flexibility index (Phi) is 7.52. The Bertz CT molecular complexity index is 1310. The number of amides is 2. The summed E-state index contributed by atoms with van der Waals surface area (Å²) in [6.07, 6.45) is -1.07. The molecule has 0 radical (unpaired) electrons. The van der Waals surface area contributed by atoms with Crippen molar-refractivity contribution in [3.63, 3.8) is 0 Å². The highest BCUT2D eigenvalue weighted by molar-refractivity contribution is 7.92. The lowest BCUT2D eigenvalue weighted by molar-refractivity contribution is -0.128. The summed E-state index contributed by atoms with van der Waals surface area (Å²) in [5.41, 5.74) is 6.72. The maximum Gasteiger partial charge on any atom is 0.279 e. The summed E-state index contributed by atoms with van der Waals surface area (Å²) in [6, 6.07) is 16.1. The predicted octanol–water partition coefficient (Wildman–Crippen LogP) is 3.47. The van der Waals surface area contributed by atoms with Gasteiger partial charge in [0.15, 0.2) is 17.7 Å². The minimum Gasteiger partial charge on any atom is -0.478 e. The number of nitrogens with one attached hydrogen (secondary N) is 3. The molecule has 0 fully saturated rings. The average Bonchev–Trinajstić information content (AvgIpc) is 2.80. The van der Waals surface area contributed by atoms with Gasteiger partial charge in [-0.15, -0.1) is 0 Å². The molecule has 3 aromatic rings. The van der Waals surface area contributed by atoms with Gasteiger partial charge in [0.05, 0.1) is 4.90 Å². The molecule has 3 rings (SSSR count). The van der Waals surface area contributed by atoms with Crippen LogP contribution in [-0.4, -0.2) is 26.3 Å². The van der Waals surface area contributed by atoms with E-state index in [0.717, 1.165) is 11.1 Å². The maximum absolute atomic E-state index is 13.6. The van der Waals surface area contributed by atoms with Crippen LogP contribution in [0.4, 0.5) is 10.1 Å². The molecule has 0 unspecified atom stereocenters. The topological polar surface area (TPSA) is 114 Å². The van der Waals surface area contributed by atoms with Crippen molar-refractivity contribution >= 4 is 27.5 Å². The molecule has 10 heteroatoms. The van der Waals surface area contributed by atoms with Gasteiger partial charge in [0.1, 0.15) is 0 Å². The van der Waals surface area contributed by atoms with Gasteiger partial charge in [-0.05, 0) is 80.4 Å². The lowest BCUT2D eigenvalue weighted by atomic mass is 10.1. The third-order valence-electron chi connectivity index (χ3n) is 5.00. The largest absolute Gasteiger partial charge is 0.478 e. The molecule has 34 heavy (non-hydrogen) atoms. The summed E-state index contributed by atoms with van der Waals surface area (Å²) < 4.78 is 46.6. The Morgan fingerprint density at radius 1 is 0.912 bits per heavy atom. The normalized spacial score (nSPS) is 11.9. The number of anilines is 1. The first-order valence-corrected chi connectivity index (χ1v) is 11.8. The molecule has 0 bridgehead atoms. The molecule has 0 saturated heterocycles. The zero-order valence-electron chi connectivity index (χ0n) is 18.8. The Hall–Kier alpha value is -3.92. The number of para-hydroxylation sites is 1. The standard InChI is InChI=1S/C24H24FN3O5S/c1-15-8-13-20(14-16(15)2)34(31,32)28-19-11-9-18(10-12-19)24(30)27-26-23(29)17(3)33-22-7-5-4-6-21(22)25/h4-14,17,28H,1-3H3,(H,26,29)(H,27,30)/t17-/m1/s1. The molecule has 1 atom stereocenters. The van der Waals surface area contributed by atoms with Crippen molar-refractivity contribution in [3.05, 3.63) is 89.2 Å². The van der Waals surface area contributed by atoms with E-state index in [4.69, 9.17) is 4.74 Å². The summed E-state index contributed by atoms with van der Waals surface area (Å²) in [7, 11) is -3.79. The van der Waals surface area contributed by atoms with Crippen molar-refractivity contribution in [2.45, 2.75) is 31.8 Å². The highest BCUT2D eigenvalue weighted by Gasteiger charge is 2.18. The first-order chi connectivity index (χ1) is 16.1. The predicted molar refractivity (Wildman–Crippen MR) is 125 cm³/mol. The van der Waals surface area contributed by atoms with Crippen LogP contribution in [0, 0.1) is 19.7 Å². The molecule has 0 spiro atoms. The van der Waals surface area contributed by atoms with Crippen LogP contribution in [0.25, 0.3) is 0 Å². The highest BCUT2D eigenvalue weighted by Crippen LogP contribution is 2.19. The monoisotopic (exact) mass is 485 g/mol. The lowest BCUT2D eigenvalue weighted by Crippen LogP contribution is -2.47. The summed E-state index contributed by atoms with van der Waals surface area (Å²) in [5.74, 6) is -2.01. The SMILES string of the molecule is Cc1ccc(S(=O)(=O)Nc2ccc(C(=O)NNC(=O)[C@@H](C)Oc3ccccc3F)cc2)cc1C. The van der Waals surface area contributed by atoms with Crippen LogP contribution in [0.1, 0.15) is 28.4 Å². The van der Waals surface area contributed by atoms with Crippen LogP contribution in [0.3, 0.4) is 0 Å². The molecular weight excluding hydrogens is 461 g/mol. The molecule has 0 aromatic heterocycles. The number of hydrogen-bond donors (Lipinski definition) is 3. The fourth-order valence-electron chi connectivity index (χ4n) is 2.86. The van der Waals surface area contributed by atoms with Crippen molar-refractivity contribution < 1.29 is 27.1 Å². The number of carbonyl (C=O) groups excluding carboxylic acids is 2. The van der Waals surface area contributed by atoms with Crippen LogP contribution >= 0.6 is 0 Å². The maximum atomic E-state index is 13.6. The molecule has 178 valence electrons. The van der Waals surface area contributed by atoms with Crippen LogP contribution in [0.2, 0.25) is 0 Å². The first kappa shape index (κ1) is 24.7. The number of aryl methyl sites for hydroxylation is 2. The average molecular weight is 486 g/mol. The molecule has 0 aliphatic rings. The number of hydrogen-bond acceptors (Lipinski definition) is 5. The number of benzene rings is 3. The summed E-state index contributed by atoms with van der Waals surface area (Å²) >= 11 is 0. The van der Waals surface area contributed by atoms with Crippen molar-refractivity contribution in [1.82, 2.24) is 10.9 Å². The van der Waals surface area contributed by atoms with E-state index in [0.29, 0.717) is 0 Å². The van der Waals surface area contributed by atoms with Gasteiger partial charge in [0.25, 0.3) is 21.8 Å². The summed E-state index contributed by atoms with van der Waals surface area (Å²) in [6.45, 7) is 5.12. The van der Waals surface area contributed by atoms with Gasteiger partial charge in [-0.1, -0.05) is 18.2 Å². The second-order valence-corrected chi connectivity index (χ2v) is 9.25. The van der Waals surface area contributed by atoms with E-state index in [1.807, 2.05) is 13.8 Å². The Morgan fingerprint density at radius 2 is 1.59 bits per heavy atom. The Balaban J connectivity index is 1.56. The van der Waals surface area contributed by atoms with Gasteiger partial charge < -0.3 is 4.74 Å². The van der Waals surface area contributed by atoms with E-state index < -0.39 is 33.8 Å². The summed E-state index contributed by atoms with van der Waals surface area (Å²) in [5, 5.41) is 0. The Labute approximate surface area is 197 Å². The van der Waals surface area contributed by atoms with Crippen LogP contribution < -0.4 is 20.3 Å². The van der Waals surface area contributed by atoms with Crippen molar-refractivity contribution in [3.8, 4) is 5.75 Å². The number of carbonyl (C=O) groups is 2. The number of rotatable bonds is 7. The van der Waals surface area contributed by atoms with E-state index >= 15 is 0 Å². The number of halogens is 1. The second kappa shape index (κ2) is 10.3. The fraction of sp³-hybridized carbons (Fsp3) is 0.167. The molecular formula is C24H24FN3O5S. The van der Waals surface area contributed by atoms with Gasteiger partial charge in [0.2, 0.25) is 0 Å². The van der Waals surface area contributed by atoms with E-state index in [2.05, 4.69) is 15.6 Å². The highest BCUT2D eigenvalue weighted by atomic mass is 32.2. The quantitative estimate of drug-likeness (QED) is 0.444. The molecule has 3 N–H and O–H groups in total. The molecule has 0 saturated carbocycles. The van der Waals surface area contributed by atoms with Crippen LogP contribution in [0.15, 0.2) is 71.6 Å². The van der Waals surface area contributed by atoms with Gasteiger partial charge in [-0.2, -0.15) is 0 Å². The van der Waals surface area contributed by atoms with Gasteiger partial charge in [-0.3, -0.25) is 25.2 Å². The van der Waals surface area contributed by atoms with Crippen LogP contribution in [-0.2, 0) is 14.8 Å². The molecule has 2 amide bonds. The van der Waals surface area contributed by atoms with E-state index in [1.165, 1.54) is 55.5 Å². The molecule has 0 aliphatic heterocycles. The van der Waals surface area contributed by atoms with Gasteiger partial charge in [-0.25, -0.2) is 12.8 Å². The number of hydrazine groups is 1. The first-order valence-electron chi connectivity index (χ1n) is 10.3. The third-order valence-corrected chi connectivity index (χ3v) is 6.38. The van der Waals surface area contributed by atoms with Gasteiger partial charge in [0, 0.05) is 11.3 Å². The molecule has 0 heterocycles. The smallest absolute Gasteiger partial charge is 0.279 e.